The molecule has 87 heavy (non-hydrogen) atoms. The van der Waals surface area contributed by atoms with Gasteiger partial charge in [-0.15, -0.1) is 10.2 Å². The number of likely N-dealkylation sites (tertiary alicyclic amines) is 2. The smallest absolute Gasteiger partial charge is 0.388 e. The van der Waals surface area contributed by atoms with E-state index in [-0.39, 0.29) is 50.6 Å². The highest BCUT2D eigenvalue weighted by molar-refractivity contribution is 9.10. The number of hydrogen-bond acceptors (Lipinski definition) is 17. The second-order valence-electron chi connectivity index (χ2n) is 24.4. The number of piperidine rings is 2. The number of alkyl halides is 4. The van der Waals surface area contributed by atoms with Gasteiger partial charge in [0.05, 0.1) is 5.69 Å². The molecule has 2 aliphatic carbocycles. The average Bonchev–Trinajstić information content (AvgIpc) is 2.13. The number of nitrogen functional groups attached to an aromatic ring is 1. The van der Waals surface area contributed by atoms with Crippen molar-refractivity contribution in [2.24, 2.45) is 0 Å². The fourth-order valence-electron chi connectivity index (χ4n) is 13.0. The fourth-order valence-corrected chi connectivity index (χ4v) is 17.0. The van der Waals surface area contributed by atoms with Crippen molar-refractivity contribution < 1.29 is 48.6 Å². The number of rotatable bonds is 17. The Hall–Kier alpha value is -5.66. The minimum absolute atomic E-state index is 0.0388. The predicted octanol–water partition coefficient (Wildman–Crippen LogP) is 9.97. The number of halogens is 5. The molecule has 8 heterocycles. The van der Waals surface area contributed by atoms with Gasteiger partial charge < -0.3 is 35.1 Å². The maximum Gasteiger partial charge on any atom is 0.388 e. The second-order valence-corrected chi connectivity index (χ2v) is 34.4. The van der Waals surface area contributed by atoms with Gasteiger partial charge in [0.1, 0.15) is 6.73 Å². The molecule has 2 aromatic carbocycles. The van der Waals surface area contributed by atoms with Crippen LogP contribution in [0, 0.1) is 0 Å². The van der Waals surface area contributed by atoms with Crippen LogP contribution in [-0.4, -0.2) is 168 Å². The lowest BCUT2D eigenvalue weighted by Gasteiger charge is -2.42. The number of nitrogens with two attached hydrogens (primary N) is 1. The number of pyridine rings is 2. The summed E-state index contributed by atoms with van der Waals surface area (Å²) in [6.45, 7) is 5.76. The van der Waals surface area contributed by atoms with Gasteiger partial charge >= 0.3 is 13.2 Å². The molecule has 4 N–H and O–H groups in total. The third kappa shape index (κ3) is 14.7. The van der Waals surface area contributed by atoms with Crippen molar-refractivity contribution in [3.8, 4) is 34.0 Å². The quantitative estimate of drug-likeness (QED) is 0.0333. The number of H-pyrrole nitrogens is 1. The van der Waals surface area contributed by atoms with Gasteiger partial charge in [0.15, 0.2) is 0 Å². The molecule has 0 saturated carbocycles. The molecule has 21 nitrogen and oxygen atoms in total. The number of nitrogens with zero attached hydrogens (tertiary/aromatic N) is 11. The van der Waals surface area contributed by atoms with E-state index in [0.29, 0.717) is 44.0 Å². The SMILES string of the molecule is CN1CCCC12CCN(S(=O)(=O)c1nc(Br)nn1COCC[Si](C)(C)C)CC2.CN1CCCC12CCN(S(=O)(=O)c1nc(Nc3c(-c4ccnc(OC(F)F)c4)ccc4c3CCC4)n[nH]1)CC2.Nc1c(-c2ccnc(OC(F)F)c2)ccc2c1CCC2. The number of hydrogen-bond donors (Lipinski definition) is 3. The number of nitrogens with one attached hydrogen (secondary N) is 2. The van der Waals surface area contributed by atoms with Crippen LogP contribution in [0.1, 0.15) is 86.5 Å². The van der Waals surface area contributed by atoms with Crippen LogP contribution in [-0.2, 0) is 57.2 Å². The van der Waals surface area contributed by atoms with Crippen LogP contribution in [0.25, 0.3) is 22.3 Å². The van der Waals surface area contributed by atoms with Gasteiger partial charge in [-0.05, 0) is 185 Å². The summed E-state index contributed by atoms with van der Waals surface area (Å²) in [5, 5.41) is 14.0. The summed E-state index contributed by atoms with van der Waals surface area (Å²) in [6.07, 6.45) is 16.6. The molecule has 4 aromatic heterocycles. The number of benzene rings is 2. The lowest BCUT2D eigenvalue weighted by atomic mass is 9.86. The fraction of sp³-hybridized carbons (Fsp3) is 0.552. The summed E-state index contributed by atoms with van der Waals surface area (Å²) in [5.41, 5.74) is 15.5. The zero-order valence-electron chi connectivity index (χ0n) is 49.8. The third-order valence-electron chi connectivity index (χ3n) is 18.0. The normalized spacial score (nSPS) is 18.9. The maximum absolute atomic E-state index is 13.4. The Kier molecular flexibility index (Phi) is 19.8. The summed E-state index contributed by atoms with van der Waals surface area (Å²) in [7, 11) is -4.46. The number of aromatic amines is 1. The first-order chi connectivity index (χ1) is 41.4. The van der Waals surface area contributed by atoms with Crippen molar-refractivity contribution >= 4 is 61.4 Å². The standard InChI is InChI=1S/C26H31F2N7O3S.C17H32BrN5O3SSi.C15H14F2N2O/c1-34-13-3-9-26(34)10-14-35(15-11-26)39(36,37)25-31-24(32-33-25)30-22-19-5-2-4-17(19)6-7-20(22)18-8-12-29-21(16-18)38-23(27)28;1-21-9-5-6-17(21)7-10-22(11-8-17)27(24,25)16-19-15(18)20-23(16)14-26-12-13-28(2,3)4;16-15(17)20-13-8-10(6-7-19-13)12-5-4-9-2-1-3-11(9)14(12)18/h6-8,12,16,23H,2-5,9-11,13-15H2,1H3,(H2,30,31,32,33);5-14H2,1-4H3;4-8,15H,1-3,18H2. The number of anilines is 3. The largest absolute Gasteiger partial charge is 0.417 e. The molecule has 4 aliphatic heterocycles. The van der Waals surface area contributed by atoms with Crippen LogP contribution in [0.15, 0.2) is 76.0 Å². The topological polar surface area (TPSA) is 245 Å². The highest BCUT2D eigenvalue weighted by Gasteiger charge is 2.46. The molecule has 6 aromatic rings. The highest BCUT2D eigenvalue weighted by atomic mass is 79.9. The van der Waals surface area contributed by atoms with E-state index < -0.39 is 41.3 Å². The molecule has 0 radical (unpaired) electrons. The van der Waals surface area contributed by atoms with Crippen molar-refractivity contribution in [1.29, 1.82) is 0 Å². The van der Waals surface area contributed by atoms with Crippen LogP contribution in [0.5, 0.6) is 11.8 Å². The number of aryl methyl sites for hydroxylation is 2. The van der Waals surface area contributed by atoms with Crippen molar-refractivity contribution in [2.75, 3.05) is 71.0 Å². The first kappa shape index (κ1) is 64.3. The minimum Gasteiger partial charge on any atom is -0.417 e. The molecule has 4 saturated heterocycles. The summed E-state index contributed by atoms with van der Waals surface area (Å²) in [4.78, 5) is 20.9. The van der Waals surface area contributed by atoms with Crippen LogP contribution in [0.4, 0.5) is 34.9 Å². The number of sulfonamides is 2. The molecule has 4 fully saturated rings. The highest BCUT2D eigenvalue weighted by Crippen LogP contribution is 2.43. The van der Waals surface area contributed by atoms with Gasteiger partial charge in [-0.3, -0.25) is 0 Å². The van der Waals surface area contributed by atoms with Gasteiger partial charge in [-0.25, -0.2) is 36.6 Å². The van der Waals surface area contributed by atoms with E-state index in [9.17, 15) is 34.4 Å². The Labute approximate surface area is 515 Å². The first-order valence-electron chi connectivity index (χ1n) is 29.6. The monoisotopic (exact) mass is 1330 g/mol. The molecule has 29 heteroatoms. The van der Waals surface area contributed by atoms with Gasteiger partial charge in [0.25, 0.3) is 30.4 Å². The lowest BCUT2D eigenvalue weighted by molar-refractivity contribution is -0.0535. The van der Waals surface area contributed by atoms with E-state index in [1.54, 1.807) is 16.4 Å². The van der Waals surface area contributed by atoms with E-state index in [1.165, 1.54) is 56.6 Å². The molecule has 2 spiro atoms. The second kappa shape index (κ2) is 26.8. The van der Waals surface area contributed by atoms with Crippen LogP contribution in [0.3, 0.4) is 0 Å². The predicted molar refractivity (Wildman–Crippen MR) is 328 cm³/mol. The maximum atomic E-state index is 13.4. The Morgan fingerprint density at radius 1 is 0.690 bits per heavy atom. The number of aromatic nitrogens is 8. The summed E-state index contributed by atoms with van der Waals surface area (Å²) in [6, 6.07) is 15.3. The van der Waals surface area contributed by atoms with E-state index >= 15 is 0 Å². The van der Waals surface area contributed by atoms with E-state index in [4.69, 9.17) is 10.5 Å². The third-order valence-corrected chi connectivity index (χ3v) is 23.6. The zero-order valence-corrected chi connectivity index (χ0v) is 54.0. The average molecular weight is 1330 g/mol. The molecule has 472 valence electrons. The van der Waals surface area contributed by atoms with Crippen LogP contribution < -0.4 is 20.5 Å². The molecule has 0 amide bonds. The zero-order chi connectivity index (χ0) is 61.9. The van der Waals surface area contributed by atoms with Crippen molar-refractivity contribution in [2.45, 2.75) is 157 Å². The van der Waals surface area contributed by atoms with E-state index in [2.05, 4.69) is 116 Å². The Bertz CT molecular complexity index is 3620. The molecule has 0 unspecified atom stereocenters. The Morgan fingerprint density at radius 3 is 1.76 bits per heavy atom. The molecular weight excluding hydrogens is 1250 g/mol. The molecule has 12 rings (SSSR count). The summed E-state index contributed by atoms with van der Waals surface area (Å²) in [5.74, 6) is -0.165. The molecular formula is C58H77BrF4N14O7S2Si. The van der Waals surface area contributed by atoms with Crippen LogP contribution in [0.2, 0.25) is 25.7 Å². The first-order valence-corrected chi connectivity index (χ1v) is 37.0. The molecule has 0 atom stereocenters. The van der Waals surface area contributed by atoms with Crippen LogP contribution >= 0.6 is 15.9 Å². The van der Waals surface area contributed by atoms with Gasteiger partial charge in [-0.1, -0.05) is 43.9 Å². The van der Waals surface area contributed by atoms with E-state index in [1.807, 2.05) is 18.2 Å². The molecule has 6 aliphatic rings. The van der Waals surface area contributed by atoms with E-state index in [0.717, 1.165) is 131 Å². The summed E-state index contributed by atoms with van der Waals surface area (Å²) >= 11 is 3.22. The Morgan fingerprint density at radius 2 is 1.22 bits per heavy atom. The molecule has 0 bridgehead atoms. The van der Waals surface area contributed by atoms with Crippen molar-refractivity contribution in [3.63, 3.8) is 0 Å². The van der Waals surface area contributed by atoms with Crippen molar-refractivity contribution in [3.05, 3.63) is 87.9 Å². The number of ether oxygens (including phenoxy) is 3. The van der Waals surface area contributed by atoms with Crippen molar-refractivity contribution in [1.82, 2.24) is 58.3 Å². The number of fused-ring (bicyclic) bond motifs is 2. The van der Waals surface area contributed by atoms with Gasteiger partial charge in [0.2, 0.25) is 22.4 Å². The summed E-state index contributed by atoms with van der Waals surface area (Å²) < 4.78 is 122. The van der Waals surface area contributed by atoms with Gasteiger partial charge in [0, 0.05) is 93.3 Å². The minimum atomic E-state index is -3.84. The Balaban J connectivity index is 0.000000153. The van der Waals surface area contributed by atoms with Gasteiger partial charge in [-0.2, -0.15) is 36.1 Å². The lowest BCUT2D eigenvalue weighted by Crippen LogP contribution is -2.52.